The molecule has 0 amide bonds. The van der Waals surface area contributed by atoms with Crippen LogP contribution in [0.25, 0.3) is 0 Å². The largest absolute Gasteiger partial charge is 0.329 e. The Labute approximate surface area is 155 Å². The van der Waals surface area contributed by atoms with Gasteiger partial charge >= 0.3 is 0 Å². The van der Waals surface area contributed by atoms with E-state index < -0.39 is 31.4 Å². The summed E-state index contributed by atoms with van der Waals surface area (Å²) in [5.74, 6) is -0.777. The quantitative estimate of drug-likeness (QED) is 0.594. The summed E-state index contributed by atoms with van der Waals surface area (Å²) in [5.41, 5.74) is 4.50. The molecule has 25 heavy (non-hydrogen) atoms. The number of rotatable bonds is 8. The van der Waals surface area contributed by atoms with Crippen molar-refractivity contribution in [2.75, 3.05) is 17.5 Å². The molecule has 0 fully saturated rings. The second-order valence-electron chi connectivity index (χ2n) is 6.48. The average molecular weight is 418 g/mol. The van der Waals surface area contributed by atoms with E-state index in [1.165, 1.54) is 0 Å². The fourth-order valence-corrected chi connectivity index (χ4v) is 4.40. The van der Waals surface area contributed by atoms with Crippen LogP contribution >= 0.6 is 12.4 Å². The Bertz CT molecular complexity index is 800. The lowest BCUT2D eigenvalue weighted by Gasteiger charge is -2.30. The SMILES string of the molecule is CC(C)CC(C)(CN)NS(=O)(=O)c1ccc(NS(C)(=O)=O)c(F)c1.Cl. The smallest absolute Gasteiger partial charge is 0.241 e. The second kappa shape index (κ2) is 8.63. The van der Waals surface area contributed by atoms with Crippen LogP contribution in [-0.2, 0) is 20.0 Å². The lowest BCUT2D eigenvalue weighted by Crippen LogP contribution is -2.52. The maximum Gasteiger partial charge on any atom is 0.241 e. The Balaban J connectivity index is 0.00000576. The van der Waals surface area contributed by atoms with Crippen molar-refractivity contribution in [3.8, 4) is 0 Å². The third-order valence-corrected chi connectivity index (χ3v) is 5.46. The van der Waals surface area contributed by atoms with Gasteiger partial charge in [0.05, 0.1) is 16.8 Å². The van der Waals surface area contributed by atoms with Gasteiger partial charge in [0.15, 0.2) is 0 Å². The van der Waals surface area contributed by atoms with Crippen LogP contribution in [-0.4, -0.2) is 35.2 Å². The third kappa shape index (κ3) is 7.45. The van der Waals surface area contributed by atoms with Gasteiger partial charge in [-0.1, -0.05) is 13.8 Å². The summed E-state index contributed by atoms with van der Waals surface area (Å²) < 4.78 is 65.7. The number of nitrogens with one attached hydrogen (secondary N) is 2. The van der Waals surface area contributed by atoms with Crippen molar-refractivity contribution in [3.63, 3.8) is 0 Å². The van der Waals surface area contributed by atoms with E-state index in [1.54, 1.807) is 6.92 Å². The fourth-order valence-electron chi connectivity index (χ4n) is 2.40. The highest BCUT2D eigenvalue weighted by atomic mass is 35.5. The lowest BCUT2D eigenvalue weighted by atomic mass is 9.92. The standard InChI is InChI=1S/C14H24FN3O4S2.ClH/c1-10(2)8-14(3,9-16)18-24(21,22)11-5-6-13(12(15)7-11)17-23(4,19)20;/h5-7,10,17-18H,8-9,16H2,1-4H3;1H. The van der Waals surface area contributed by atoms with Crippen LogP contribution in [0.1, 0.15) is 27.2 Å². The van der Waals surface area contributed by atoms with E-state index in [4.69, 9.17) is 5.73 Å². The molecule has 1 aromatic rings. The molecule has 1 atom stereocenters. The number of hydrogen-bond donors (Lipinski definition) is 3. The van der Waals surface area contributed by atoms with Gasteiger partial charge < -0.3 is 5.73 Å². The van der Waals surface area contributed by atoms with Crippen molar-refractivity contribution in [3.05, 3.63) is 24.0 Å². The predicted octanol–water partition coefficient (Wildman–Crippen LogP) is 1.66. The Hall–Kier alpha value is -0.940. The predicted molar refractivity (Wildman–Crippen MR) is 99.4 cm³/mol. The van der Waals surface area contributed by atoms with Crippen LogP contribution in [0.4, 0.5) is 10.1 Å². The lowest BCUT2D eigenvalue weighted by molar-refractivity contribution is 0.344. The molecule has 0 saturated carbocycles. The van der Waals surface area contributed by atoms with Gasteiger partial charge in [0.1, 0.15) is 5.82 Å². The van der Waals surface area contributed by atoms with Gasteiger partial charge in [0.25, 0.3) is 0 Å². The molecule has 11 heteroatoms. The molecule has 1 unspecified atom stereocenters. The summed E-state index contributed by atoms with van der Waals surface area (Å²) in [5, 5.41) is 0. The van der Waals surface area contributed by atoms with Gasteiger partial charge in [-0.2, -0.15) is 0 Å². The van der Waals surface area contributed by atoms with Gasteiger partial charge in [0.2, 0.25) is 20.0 Å². The highest BCUT2D eigenvalue weighted by Crippen LogP contribution is 2.23. The summed E-state index contributed by atoms with van der Waals surface area (Å²) >= 11 is 0. The Kier molecular flexibility index (Phi) is 8.31. The van der Waals surface area contributed by atoms with E-state index in [-0.39, 0.29) is 35.5 Å². The Morgan fingerprint density at radius 3 is 2.20 bits per heavy atom. The Morgan fingerprint density at radius 1 is 1.24 bits per heavy atom. The number of nitrogens with two attached hydrogens (primary N) is 1. The fraction of sp³-hybridized carbons (Fsp3) is 0.571. The van der Waals surface area contributed by atoms with Crippen LogP contribution in [0, 0.1) is 11.7 Å². The van der Waals surface area contributed by atoms with E-state index in [9.17, 15) is 21.2 Å². The molecule has 0 bridgehead atoms. The van der Waals surface area contributed by atoms with Crippen molar-refractivity contribution in [2.45, 2.75) is 37.6 Å². The monoisotopic (exact) mass is 417 g/mol. The summed E-state index contributed by atoms with van der Waals surface area (Å²) in [4.78, 5) is -0.303. The summed E-state index contributed by atoms with van der Waals surface area (Å²) in [6, 6.07) is 2.96. The normalized spacial score (nSPS) is 14.7. The highest BCUT2D eigenvalue weighted by Gasteiger charge is 2.30. The number of anilines is 1. The molecule has 1 rings (SSSR count). The zero-order valence-electron chi connectivity index (χ0n) is 14.5. The first kappa shape index (κ1) is 24.1. The van der Waals surface area contributed by atoms with Crippen molar-refractivity contribution < 1.29 is 21.2 Å². The van der Waals surface area contributed by atoms with E-state index in [2.05, 4.69) is 4.72 Å². The molecule has 4 N–H and O–H groups in total. The summed E-state index contributed by atoms with van der Waals surface area (Å²) in [6.45, 7) is 5.64. The number of sulfonamides is 2. The first-order valence-electron chi connectivity index (χ1n) is 7.29. The third-order valence-electron chi connectivity index (χ3n) is 3.24. The molecule has 0 aliphatic carbocycles. The molecule has 7 nitrogen and oxygen atoms in total. The van der Waals surface area contributed by atoms with Crippen molar-refractivity contribution in [1.29, 1.82) is 0 Å². The number of benzene rings is 1. The van der Waals surface area contributed by atoms with E-state index in [1.807, 2.05) is 18.6 Å². The minimum atomic E-state index is -4.01. The van der Waals surface area contributed by atoms with Gasteiger partial charge in [-0.05, 0) is 37.5 Å². The minimum Gasteiger partial charge on any atom is -0.329 e. The van der Waals surface area contributed by atoms with Gasteiger partial charge in [-0.25, -0.2) is 25.9 Å². The molecule has 0 radical (unpaired) electrons. The second-order valence-corrected chi connectivity index (χ2v) is 9.91. The molecule has 0 aromatic heterocycles. The van der Waals surface area contributed by atoms with Gasteiger partial charge in [-0.3, -0.25) is 4.72 Å². The first-order valence-corrected chi connectivity index (χ1v) is 10.7. The van der Waals surface area contributed by atoms with Crippen molar-refractivity contribution >= 4 is 38.1 Å². The van der Waals surface area contributed by atoms with E-state index in [0.29, 0.717) is 6.42 Å². The van der Waals surface area contributed by atoms with E-state index in [0.717, 1.165) is 24.5 Å². The maximum atomic E-state index is 14.0. The average Bonchev–Trinajstić information content (AvgIpc) is 2.38. The summed E-state index contributed by atoms with van der Waals surface area (Å²) in [7, 11) is -7.67. The molecular formula is C14H25ClFN3O4S2. The molecule has 0 aliphatic heterocycles. The van der Waals surface area contributed by atoms with Crippen LogP contribution in [0.3, 0.4) is 0 Å². The first-order chi connectivity index (χ1) is 10.8. The maximum absolute atomic E-state index is 14.0. The topological polar surface area (TPSA) is 118 Å². The van der Waals surface area contributed by atoms with Crippen molar-refractivity contribution in [1.82, 2.24) is 4.72 Å². The minimum absolute atomic E-state index is 0. The molecule has 146 valence electrons. The van der Waals surface area contributed by atoms with Crippen molar-refractivity contribution in [2.24, 2.45) is 11.7 Å². The molecule has 0 aliphatic rings. The zero-order chi connectivity index (χ0) is 18.8. The molecule has 1 aromatic carbocycles. The zero-order valence-corrected chi connectivity index (χ0v) is 17.0. The summed E-state index contributed by atoms with van der Waals surface area (Å²) in [6.07, 6.45) is 1.39. The number of hydrogen-bond acceptors (Lipinski definition) is 5. The van der Waals surface area contributed by atoms with Crippen LogP contribution in [0.5, 0.6) is 0 Å². The highest BCUT2D eigenvalue weighted by molar-refractivity contribution is 7.92. The molecule has 0 spiro atoms. The van der Waals surface area contributed by atoms with Crippen LogP contribution in [0.15, 0.2) is 23.1 Å². The number of halogens is 2. The van der Waals surface area contributed by atoms with E-state index >= 15 is 0 Å². The molecule has 0 saturated heterocycles. The molecule has 0 heterocycles. The molecular weight excluding hydrogens is 393 g/mol. The van der Waals surface area contributed by atoms with Crippen LogP contribution < -0.4 is 15.2 Å². The van der Waals surface area contributed by atoms with Crippen LogP contribution in [0.2, 0.25) is 0 Å². The Morgan fingerprint density at radius 2 is 1.80 bits per heavy atom. The van der Waals surface area contributed by atoms with Gasteiger partial charge in [-0.15, -0.1) is 12.4 Å². The van der Waals surface area contributed by atoms with Gasteiger partial charge in [0, 0.05) is 12.1 Å².